The number of anilines is 1. The minimum atomic E-state index is -0.968. The summed E-state index contributed by atoms with van der Waals surface area (Å²) in [7, 11) is 0. The second kappa shape index (κ2) is 6.20. The molecule has 0 saturated carbocycles. The summed E-state index contributed by atoms with van der Waals surface area (Å²) in [5.41, 5.74) is 3.51. The Hall–Kier alpha value is -2.70. The van der Waals surface area contributed by atoms with Crippen molar-refractivity contribution in [2.75, 3.05) is 18.4 Å². The van der Waals surface area contributed by atoms with E-state index < -0.39 is 30.3 Å². The van der Waals surface area contributed by atoms with Gasteiger partial charge in [-0.05, 0) is 38.8 Å². The molecule has 7 heteroatoms. The van der Waals surface area contributed by atoms with Crippen LogP contribution in [-0.4, -0.2) is 46.6 Å². The molecule has 1 heterocycles. The van der Waals surface area contributed by atoms with Gasteiger partial charge in [0.1, 0.15) is 6.54 Å². The predicted molar refractivity (Wildman–Crippen MR) is 83.8 cm³/mol. The zero-order chi connectivity index (χ0) is 17.3. The number of aryl methyl sites for hydroxylation is 3. The number of nitrogens with zero attached hydrogens (tertiary/aromatic N) is 2. The number of imide groups is 2. The second-order valence-corrected chi connectivity index (χ2v) is 5.55. The van der Waals surface area contributed by atoms with Crippen LogP contribution in [0.1, 0.15) is 23.6 Å². The van der Waals surface area contributed by atoms with E-state index in [4.69, 9.17) is 0 Å². The summed E-state index contributed by atoms with van der Waals surface area (Å²) in [4.78, 5) is 49.0. The van der Waals surface area contributed by atoms with Crippen LogP contribution in [0.2, 0.25) is 0 Å². The highest BCUT2D eigenvalue weighted by atomic mass is 16.2. The molecule has 5 amide bonds. The van der Waals surface area contributed by atoms with Crippen molar-refractivity contribution in [3.63, 3.8) is 0 Å². The molecular formula is C16H19N3O4. The molecule has 0 radical (unpaired) electrons. The molecule has 1 aromatic carbocycles. The first-order chi connectivity index (χ1) is 10.8. The van der Waals surface area contributed by atoms with Crippen LogP contribution in [0.5, 0.6) is 0 Å². The van der Waals surface area contributed by atoms with Crippen LogP contribution in [0.25, 0.3) is 0 Å². The third-order valence-corrected chi connectivity index (χ3v) is 3.69. The Morgan fingerprint density at radius 1 is 1.00 bits per heavy atom. The zero-order valence-corrected chi connectivity index (χ0v) is 13.6. The Morgan fingerprint density at radius 3 is 2.00 bits per heavy atom. The maximum absolute atomic E-state index is 12.2. The fourth-order valence-electron chi connectivity index (χ4n) is 2.67. The second-order valence-electron chi connectivity index (χ2n) is 5.55. The minimum absolute atomic E-state index is 0.0949. The average molecular weight is 317 g/mol. The summed E-state index contributed by atoms with van der Waals surface area (Å²) < 4.78 is 0. The van der Waals surface area contributed by atoms with Crippen LogP contribution >= 0.6 is 0 Å². The van der Waals surface area contributed by atoms with Gasteiger partial charge in [0.2, 0.25) is 5.91 Å². The van der Waals surface area contributed by atoms with Gasteiger partial charge >= 0.3 is 17.8 Å². The van der Waals surface area contributed by atoms with Crippen LogP contribution in [0.3, 0.4) is 0 Å². The molecule has 1 fully saturated rings. The number of carbonyl (C=O) groups is 4. The first-order valence-corrected chi connectivity index (χ1v) is 7.31. The van der Waals surface area contributed by atoms with Crippen molar-refractivity contribution in [1.82, 2.24) is 9.80 Å². The standard InChI is InChI=1S/C16H19N3O4/c1-5-18-14(21)15(22)19(16(18)23)8-12(20)17-13-10(3)6-9(2)7-11(13)4/h6-7H,5,8H2,1-4H3,(H,17,20). The van der Waals surface area contributed by atoms with Gasteiger partial charge in [0.05, 0.1) is 0 Å². The average Bonchev–Trinajstić information content (AvgIpc) is 2.66. The van der Waals surface area contributed by atoms with Crippen molar-refractivity contribution in [2.24, 2.45) is 0 Å². The summed E-state index contributed by atoms with van der Waals surface area (Å²) in [6, 6.07) is 3.10. The smallest absolute Gasteiger partial charge is 0.324 e. The van der Waals surface area contributed by atoms with Gasteiger partial charge in [-0.3, -0.25) is 19.3 Å². The van der Waals surface area contributed by atoms with Gasteiger partial charge in [-0.25, -0.2) is 9.69 Å². The summed E-state index contributed by atoms with van der Waals surface area (Å²) >= 11 is 0. The van der Waals surface area contributed by atoms with E-state index >= 15 is 0 Å². The number of hydrogen-bond acceptors (Lipinski definition) is 4. The molecular weight excluding hydrogens is 298 g/mol. The number of likely N-dealkylation sites (N-methyl/N-ethyl adjacent to an activating group) is 1. The monoisotopic (exact) mass is 317 g/mol. The molecule has 0 bridgehead atoms. The summed E-state index contributed by atoms with van der Waals surface area (Å²) in [6.07, 6.45) is 0. The van der Waals surface area contributed by atoms with Crippen molar-refractivity contribution in [3.8, 4) is 0 Å². The molecule has 0 spiro atoms. The zero-order valence-electron chi connectivity index (χ0n) is 13.6. The Balaban J connectivity index is 2.13. The molecule has 1 aromatic rings. The molecule has 0 aromatic heterocycles. The molecule has 1 aliphatic heterocycles. The minimum Gasteiger partial charge on any atom is -0.324 e. The molecule has 0 atom stereocenters. The van der Waals surface area contributed by atoms with Crippen LogP contribution in [-0.2, 0) is 14.4 Å². The molecule has 23 heavy (non-hydrogen) atoms. The van der Waals surface area contributed by atoms with E-state index in [1.165, 1.54) is 0 Å². The van der Waals surface area contributed by atoms with E-state index in [1.54, 1.807) is 6.92 Å². The normalized spacial score (nSPS) is 14.7. The van der Waals surface area contributed by atoms with Crippen LogP contribution < -0.4 is 5.32 Å². The summed E-state index contributed by atoms with van der Waals surface area (Å²) in [6.45, 7) is 6.89. The number of nitrogens with one attached hydrogen (secondary N) is 1. The number of benzene rings is 1. The lowest BCUT2D eigenvalue weighted by Gasteiger charge is -2.16. The maximum atomic E-state index is 12.2. The van der Waals surface area contributed by atoms with E-state index in [0.717, 1.165) is 21.6 Å². The van der Waals surface area contributed by atoms with Crippen molar-refractivity contribution >= 4 is 29.4 Å². The number of hydrogen-bond donors (Lipinski definition) is 1. The molecule has 1 saturated heterocycles. The molecule has 1 aliphatic rings. The van der Waals surface area contributed by atoms with Gasteiger partial charge in [-0.15, -0.1) is 0 Å². The van der Waals surface area contributed by atoms with Gasteiger partial charge in [-0.2, -0.15) is 0 Å². The van der Waals surface area contributed by atoms with Gasteiger partial charge in [0.15, 0.2) is 0 Å². The van der Waals surface area contributed by atoms with E-state index in [0.29, 0.717) is 10.6 Å². The highest BCUT2D eigenvalue weighted by Crippen LogP contribution is 2.22. The Bertz CT molecular complexity index is 688. The lowest BCUT2D eigenvalue weighted by molar-refractivity contribution is -0.143. The highest BCUT2D eigenvalue weighted by Gasteiger charge is 2.44. The Labute approximate surface area is 134 Å². The quantitative estimate of drug-likeness (QED) is 0.671. The number of rotatable bonds is 4. The number of carbonyl (C=O) groups excluding carboxylic acids is 4. The van der Waals surface area contributed by atoms with Crippen LogP contribution in [0.15, 0.2) is 12.1 Å². The predicted octanol–water partition coefficient (Wildman–Crippen LogP) is 1.36. The Morgan fingerprint density at radius 2 is 1.52 bits per heavy atom. The summed E-state index contributed by atoms with van der Waals surface area (Å²) in [5.74, 6) is -2.38. The highest BCUT2D eigenvalue weighted by molar-refractivity contribution is 6.45. The molecule has 0 aliphatic carbocycles. The van der Waals surface area contributed by atoms with Crippen molar-refractivity contribution in [2.45, 2.75) is 27.7 Å². The Kier molecular flexibility index (Phi) is 4.49. The maximum Gasteiger partial charge on any atom is 0.334 e. The lowest BCUT2D eigenvalue weighted by Crippen LogP contribution is -2.39. The fourth-order valence-corrected chi connectivity index (χ4v) is 2.67. The molecule has 122 valence electrons. The van der Waals surface area contributed by atoms with Crippen LogP contribution in [0.4, 0.5) is 10.5 Å². The van der Waals surface area contributed by atoms with E-state index in [2.05, 4.69) is 5.32 Å². The number of urea groups is 1. The van der Waals surface area contributed by atoms with E-state index in [9.17, 15) is 19.2 Å². The SMILES string of the molecule is CCN1C(=O)C(=O)N(CC(=O)Nc2c(C)cc(C)cc2C)C1=O. The largest absolute Gasteiger partial charge is 0.334 e. The van der Waals surface area contributed by atoms with Crippen molar-refractivity contribution < 1.29 is 19.2 Å². The molecule has 0 unspecified atom stereocenters. The third kappa shape index (κ3) is 3.08. The van der Waals surface area contributed by atoms with Crippen molar-refractivity contribution in [3.05, 3.63) is 28.8 Å². The fraction of sp³-hybridized carbons (Fsp3) is 0.375. The van der Waals surface area contributed by atoms with E-state index in [1.807, 2.05) is 32.9 Å². The van der Waals surface area contributed by atoms with Gasteiger partial charge < -0.3 is 5.32 Å². The first kappa shape index (κ1) is 16.7. The van der Waals surface area contributed by atoms with Gasteiger partial charge in [0.25, 0.3) is 0 Å². The molecule has 1 N–H and O–H groups in total. The topological polar surface area (TPSA) is 86.8 Å². The summed E-state index contributed by atoms with van der Waals surface area (Å²) in [5, 5.41) is 2.71. The third-order valence-electron chi connectivity index (χ3n) is 3.69. The number of amides is 5. The van der Waals surface area contributed by atoms with Crippen molar-refractivity contribution in [1.29, 1.82) is 0 Å². The lowest BCUT2D eigenvalue weighted by atomic mass is 10.1. The van der Waals surface area contributed by atoms with Gasteiger partial charge in [-0.1, -0.05) is 17.7 Å². The van der Waals surface area contributed by atoms with E-state index in [-0.39, 0.29) is 6.54 Å². The molecule has 2 rings (SSSR count). The van der Waals surface area contributed by atoms with Crippen LogP contribution in [0, 0.1) is 20.8 Å². The first-order valence-electron chi connectivity index (χ1n) is 7.31. The van der Waals surface area contributed by atoms with Gasteiger partial charge in [0, 0.05) is 12.2 Å². The molecule has 7 nitrogen and oxygen atoms in total.